The predicted molar refractivity (Wildman–Crippen MR) is 80.0 cm³/mol. The molecule has 0 N–H and O–H groups in total. The number of ether oxygens (including phenoxy) is 1. The Kier molecular flexibility index (Phi) is 3.83. The molecule has 3 rings (SSSR count). The molecule has 1 saturated heterocycles. The number of nitrogens with zero attached hydrogens (tertiary/aromatic N) is 3. The van der Waals surface area contributed by atoms with Gasteiger partial charge in [0.2, 0.25) is 0 Å². The second-order valence-electron chi connectivity index (χ2n) is 5.70. The summed E-state index contributed by atoms with van der Waals surface area (Å²) in [6.45, 7) is 5.17. The largest absolute Gasteiger partial charge is 0.493 e. The number of aromatic nitrogens is 2. The van der Waals surface area contributed by atoms with Crippen molar-refractivity contribution in [1.29, 1.82) is 0 Å². The maximum atomic E-state index is 5.95. The molecule has 0 aliphatic carbocycles. The SMILES string of the molecule is Cc1ncnc2cc(OCC3CCN(C)CC3)ccc12. The lowest BCUT2D eigenvalue weighted by Gasteiger charge is -2.28. The Labute approximate surface area is 119 Å². The minimum Gasteiger partial charge on any atom is -0.493 e. The van der Waals surface area contributed by atoms with Gasteiger partial charge < -0.3 is 9.64 Å². The van der Waals surface area contributed by atoms with Crippen molar-refractivity contribution in [1.82, 2.24) is 14.9 Å². The predicted octanol–water partition coefficient (Wildman–Crippen LogP) is 2.66. The molecule has 4 heteroatoms. The Balaban J connectivity index is 1.66. The Hall–Kier alpha value is -1.68. The number of benzene rings is 1. The summed E-state index contributed by atoms with van der Waals surface area (Å²) in [5, 5.41) is 1.10. The number of fused-ring (bicyclic) bond motifs is 1. The van der Waals surface area contributed by atoms with Crippen LogP contribution in [-0.2, 0) is 0 Å². The molecule has 0 atom stereocenters. The molecule has 106 valence electrons. The van der Waals surface area contributed by atoms with Crippen molar-refractivity contribution in [3.63, 3.8) is 0 Å². The maximum Gasteiger partial charge on any atom is 0.121 e. The van der Waals surface area contributed by atoms with E-state index in [0.29, 0.717) is 5.92 Å². The van der Waals surface area contributed by atoms with Gasteiger partial charge in [-0.25, -0.2) is 9.97 Å². The van der Waals surface area contributed by atoms with Gasteiger partial charge in [0.25, 0.3) is 0 Å². The fourth-order valence-corrected chi connectivity index (χ4v) is 2.70. The highest BCUT2D eigenvalue weighted by atomic mass is 16.5. The Bertz CT molecular complexity index is 591. The van der Waals surface area contributed by atoms with Crippen molar-refractivity contribution in [2.75, 3.05) is 26.7 Å². The van der Waals surface area contributed by atoms with Crippen LogP contribution in [0.15, 0.2) is 24.5 Å². The number of likely N-dealkylation sites (tertiary alicyclic amines) is 1. The molecule has 4 nitrogen and oxygen atoms in total. The average molecular weight is 271 g/mol. The smallest absolute Gasteiger partial charge is 0.121 e. The quantitative estimate of drug-likeness (QED) is 0.860. The lowest BCUT2D eigenvalue weighted by molar-refractivity contribution is 0.160. The van der Waals surface area contributed by atoms with Crippen LogP contribution >= 0.6 is 0 Å². The van der Waals surface area contributed by atoms with Crippen molar-refractivity contribution >= 4 is 10.9 Å². The number of hydrogen-bond donors (Lipinski definition) is 0. The van der Waals surface area contributed by atoms with Crippen molar-refractivity contribution in [3.8, 4) is 5.75 Å². The summed E-state index contributed by atoms with van der Waals surface area (Å²) in [6, 6.07) is 6.08. The van der Waals surface area contributed by atoms with Crippen LogP contribution in [0.5, 0.6) is 5.75 Å². The van der Waals surface area contributed by atoms with Gasteiger partial charge >= 0.3 is 0 Å². The normalized spacial score (nSPS) is 17.5. The third-order valence-corrected chi connectivity index (χ3v) is 4.13. The van der Waals surface area contributed by atoms with Gasteiger partial charge in [0.15, 0.2) is 0 Å². The molecular weight excluding hydrogens is 250 g/mol. The minimum atomic E-state index is 0.675. The molecule has 2 heterocycles. The molecule has 0 unspecified atom stereocenters. The standard InChI is InChI=1S/C16H21N3O/c1-12-15-4-3-14(9-16(15)18-11-17-12)20-10-13-5-7-19(2)8-6-13/h3-4,9,11,13H,5-8,10H2,1-2H3. The summed E-state index contributed by atoms with van der Waals surface area (Å²) < 4.78 is 5.95. The van der Waals surface area contributed by atoms with Crippen LogP contribution in [0.4, 0.5) is 0 Å². The van der Waals surface area contributed by atoms with Crippen LogP contribution < -0.4 is 4.74 Å². The van der Waals surface area contributed by atoms with Crippen LogP contribution in [0.2, 0.25) is 0 Å². The van der Waals surface area contributed by atoms with E-state index >= 15 is 0 Å². The highest BCUT2D eigenvalue weighted by molar-refractivity contribution is 5.81. The molecule has 1 aliphatic rings. The zero-order valence-corrected chi connectivity index (χ0v) is 12.2. The number of aryl methyl sites for hydroxylation is 1. The third kappa shape index (κ3) is 2.90. The lowest BCUT2D eigenvalue weighted by Crippen LogP contribution is -2.32. The van der Waals surface area contributed by atoms with Crippen molar-refractivity contribution in [3.05, 3.63) is 30.2 Å². The maximum absolute atomic E-state index is 5.95. The molecule has 2 aromatic rings. The topological polar surface area (TPSA) is 38.3 Å². The number of hydrogen-bond acceptors (Lipinski definition) is 4. The van der Waals surface area contributed by atoms with Crippen LogP contribution in [0.25, 0.3) is 10.9 Å². The molecular formula is C16H21N3O. The fraction of sp³-hybridized carbons (Fsp3) is 0.500. The van der Waals surface area contributed by atoms with Gasteiger partial charge in [0.05, 0.1) is 12.1 Å². The molecule has 0 spiro atoms. The van der Waals surface area contributed by atoms with E-state index in [0.717, 1.165) is 29.0 Å². The van der Waals surface area contributed by atoms with E-state index < -0.39 is 0 Å². The second-order valence-corrected chi connectivity index (χ2v) is 5.70. The van der Waals surface area contributed by atoms with Gasteiger partial charge in [-0.15, -0.1) is 0 Å². The molecule has 0 saturated carbocycles. The fourth-order valence-electron chi connectivity index (χ4n) is 2.70. The van der Waals surface area contributed by atoms with E-state index in [1.54, 1.807) is 6.33 Å². The zero-order chi connectivity index (χ0) is 13.9. The third-order valence-electron chi connectivity index (χ3n) is 4.13. The summed E-state index contributed by atoms with van der Waals surface area (Å²) in [4.78, 5) is 10.9. The van der Waals surface area contributed by atoms with Gasteiger partial charge in [0, 0.05) is 17.1 Å². The first-order valence-electron chi connectivity index (χ1n) is 7.25. The van der Waals surface area contributed by atoms with Crippen molar-refractivity contribution in [2.45, 2.75) is 19.8 Å². The summed E-state index contributed by atoms with van der Waals surface area (Å²) in [6.07, 6.45) is 4.06. The highest BCUT2D eigenvalue weighted by Gasteiger charge is 2.17. The lowest BCUT2D eigenvalue weighted by atomic mass is 9.98. The van der Waals surface area contributed by atoms with Crippen molar-refractivity contribution in [2.24, 2.45) is 5.92 Å². The highest BCUT2D eigenvalue weighted by Crippen LogP contribution is 2.22. The molecule has 0 radical (unpaired) electrons. The minimum absolute atomic E-state index is 0.675. The molecule has 20 heavy (non-hydrogen) atoms. The Morgan fingerprint density at radius 3 is 2.85 bits per heavy atom. The monoisotopic (exact) mass is 271 g/mol. The van der Waals surface area contributed by atoms with Gasteiger partial charge in [-0.2, -0.15) is 0 Å². The Morgan fingerprint density at radius 1 is 1.25 bits per heavy atom. The molecule has 1 aromatic heterocycles. The molecule has 0 bridgehead atoms. The van der Waals surface area contributed by atoms with E-state index in [9.17, 15) is 0 Å². The van der Waals surface area contributed by atoms with Crippen LogP contribution in [-0.4, -0.2) is 41.6 Å². The molecule has 1 fully saturated rings. The van der Waals surface area contributed by atoms with Gasteiger partial charge in [0.1, 0.15) is 12.1 Å². The zero-order valence-electron chi connectivity index (χ0n) is 12.2. The first-order valence-corrected chi connectivity index (χ1v) is 7.25. The van der Waals surface area contributed by atoms with Crippen LogP contribution in [0.3, 0.4) is 0 Å². The van der Waals surface area contributed by atoms with E-state index in [-0.39, 0.29) is 0 Å². The van der Waals surface area contributed by atoms with E-state index in [4.69, 9.17) is 4.74 Å². The summed E-state index contributed by atoms with van der Waals surface area (Å²) in [5.41, 5.74) is 1.97. The first-order chi connectivity index (χ1) is 9.72. The van der Waals surface area contributed by atoms with Crippen LogP contribution in [0.1, 0.15) is 18.5 Å². The van der Waals surface area contributed by atoms with E-state index in [1.807, 2.05) is 19.1 Å². The number of piperidine rings is 1. The van der Waals surface area contributed by atoms with Gasteiger partial charge in [-0.05, 0) is 58.0 Å². The molecule has 1 aromatic carbocycles. The van der Waals surface area contributed by atoms with Crippen molar-refractivity contribution < 1.29 is 4.74 Å². The van der Waals surface area contributed by atoms with Gasteiger partial charge in [-0.1, -0.05) is 0 Å². The Morgan fingerprint density at radius 2 is 2.05 bits per heavy atom. The van der Waals surface area contributed by atoms with E-state index in [1.165, 1.54) is 25.9 Å². The average Bonchev–Trinajstić information content (AvgIpc) is 2.47. The second kappa shape index (κ2) is 5.75. The molecule has 1 aliphatic heterocycles. The number of rotatable bonds is 3. The first kappa shape index (κ1) is 13.3. The van der Waals surface area contributed by atoms with Crippen LogP contribution in [0, 0.1) is 12.8 Å². The summed E-state index contributed by atoms with van der Waals surface area (Å²) in [5.74, 6) is 1.59. The van der Waals surface area contributed by atoms with Gasteiger partial charge in [-0.3, -0.25) is 0 Å². The van der Waals surface area contributed by atoms with E-state index in [2.05, 4.69) is 28.0 Å². The molecule has 0 amide bonds. The summed E-state index contributed by atoms with van der Waals surface area (Å²) in [7, 11) is 2.18. The summed E-state index contributed by atoms with van der Waals surface area (Å²) >= 11 is 0.